The van der Waals surface area contributed by atoms with Crippen molar-refractivity contribution in [1.29, 1.82) is 5.26 Å². The summed E-state index contributed by atoms with van der Waals surface area (Å²) in [6, 6.07) is 0.647. The van der Waals surface area contributed by atoms with E-state index in [4.69, 9.17) is 15.7 Å². The van der Waals surface area contributed by atoms with Gasteiger partial charge in [-0.05, 0) is 58.5 Å². The van der Waals surface area contributed by atoms with Crippen molar-refractivity contribution in [3.63, 3.8) is 0 Å². The normalized spacial score (nSPS) is 24.8. The van der Waals surface area contributed by atoms with Gasteiger partial charge in [0.05, 0.1) is 0 Å². The quantitative estimate of drug-likeness (QED) is 0.473. The number of ether oxygens (including phenoxy) is 1. The van der Waals surface area contributed by atoms with E-state index in [1.165, 1.54) is 6.42 Å². The van der Waals surface area contributed by atoms with Crippen LogP contribution in [-0.2, 0) is 4.74 Å². The number of likely N-dealkylation sites (N-methyl/N-ethyl adjacent to an activating group) is 1. The van der Waals surface area contributed by atoms with Gasteiger partial charge in [0, 0.05) is 25.1 Å². The fourth-order valence-corrected chi connectivity index (χ4v) is 3.60. The van der Waals surface area contributed by atoms with Gasteiger partial charge in [0.25, 0.3) is 12.7 Å². The Bertz CT molecular complexity index is 508. The summed E-state index contributed by atoms with van der Waals surface area (Å²) in [4.78, 5) is 9.07. The van der Waals surface area contributed by atoms with Crippen molar-refractivity contribution in [3.05, 3.63) is 11.9 Å². The van der Waals surface area contributed by atoms with Crippen LogP contribution in [0.1, 0.15) is 33.1 Å². The summed E-state index contributed by atoms with van der Waals surface area (Å²) in [5.74, 6) is 3.24. The van der Waals surface area contributed by atoms with Gasteiger partial charge in [-0.15, -0.1) is 0 Å². The first-order chi connectivity index (χ1) is 11.5. The molecule has 0 aromatic rings. The van der Waals surface area contributed by atoms with Crippen LogP contribution in [0.5, 0.6) is 0 Å². The van der Waals surface area contributed by atoms with E-state index >= 15 is 0 Å². The molecule has 0 radical (unpaired) electrons. The molecule has 2 aliphatic heterocycles. The minimum absolute atomic E-state index is 0.0356. The summed E-state index contributed by atoms with van der Waals surface area (Å²) in [6.07, 6.45) is 7.13. The summed E-state index contributed by atoms with van der Waals surface area (Å²) >= 11 is 0. The molecular weight excluding hydrogens is 301 g/mol. The number of nitrogens with zero attached hydrogens (tertiary/aromatic N) is 4. The van der Waals surface area contributed by atoms with E-state index in [0.717, 1.165) is 50.9 Å². The molecule has 0 bridgehead atoms. The van der Waals surface area contributed by atoms with E-state index in [1.54, 1.807) is 0 Å². The smallest absolute Gasteiger partial charge is 0.288 e. The third-order valence-electron chi connectivity index (χ3n) is 5.04. The highest BCUT2D eigenvalue weighted by atomic mass is 16.5. The molecule has 0 amide bonds. The van der Waals surface area contributed by atoms with Crippen LogP contribution in [-0.4, -0.2) is 61.4 Å². The minimum atomic E-state index is 0.0356. The summed E-state index contributed by atoms with van der Waals surface area (Å²) in [5.41, 5.74) is 6.07. The third-order valence-corrected chi connectivity index (χ3v) is 5.04. The lowest BCUT2D eigenvalue weighted by Crippen LogP contribution is -2.39. The van der Waals surface area contributed by atoms with Crippen LogP contribution in [0.25, 0.3) is 0 Å². The molecule has 132 valence electrons. The summed E-state index contributed by atoms with van der Waals surface area (Å²) in [6.45, 7) is 7.13. The number of rotatable bonds is 5. The molecule has 1 unspecified atom stereocenters. The molecule has 2 saturated heterocycles. The molecule has 0 saturated carbocycles. The second kappa shape index (κ2) is 8.98. The Morgan fingerprint density at radius 1 is 1.46 bits per heavy atom. The summed E-state index contributed by atoms with van der Waals surface area (Å²) in [7, 11) is 2.13. The molecule has 6 nitrogen and oxygen atoms in total. The zero-order valence-corrected chi connectivity index (χ0v) is 15.2. The predicted molar refractivity (Wildman–Crippen MR) is 98.7 cm³/mol. The van der Waals surface area contributed by atoms with Crippen LogP contribution >= 0.6 is 0 Å². The van der Waals surface area contributed by atoms with Crippen molar-refractivity contribution in [2.75, 3.05) is 26.7 Å². The Morgan fingerprint density at radius 2 is 2.17 bits per heavy atom. The van der Waals surface area contributed by atoms with Crippen LogP contribution in [0.4, 0.5) is 0 Å². The molecule has 2 N–H and O–H groups in total. The molecule has 2 atom stereocenters. The van der Waals surface area contributed by atoms with Gasteiger partial charge < -0.3 is 15.4 Å². The number of hydrogen-bond acceptors (Lipinski definition) is 5. The van der Waals surface area contributed by atoms with E-state index in [1.807, 2.05) is 0 Å². The van der Waals surface area contributed by atoms with Crippen molar-refractivity contribution >= 4 is 12.7 Å². The van der Waals surface area contributed by atoms with Crippen LogP contribution in [0.2, 0.25) is 12.6 Å². The van der Waals surface area contributed by atoms with Gasteiger partial charge in [0.15, 0.2) is 0 Å². The molecule has 2 heterocycles. The predicted octanol–water partition coefficient (Wildman–Crippen LogP) is 1.92. The second-order valence-electron chi connectivity index (χ2n) is 6.82. The number of allylic oxidation sites excluding steroid dienone is 1. The van der Waals surface area contributed by atoms with Gasteiger partial charge >= 0.3 is 0 Å². The number of likely N-dealkylation sites (tertiary alicyclic amines) is 1. The van der Waals surface area contributed by atoms with E-state index in [0.29, 0.717) is 6.04 Å². The highest BCUT2D eigenvalue weighted by Crippen LogP contribution is 2.21. The maximum Gasteiger partial charge on any atom is 0.288 e. The Hall–Kier alpha value is -1.68. The molecule has 2 rings (SSSR count). The summed E-state index contributed by atoms with van der Waals surface area (Å²) in [5, 5.41) is 9.03. The topological polar surface area (TPSA) is 77.9 Å². The number of nitriles is 1. The highest BCUT2D eigenvalue weighted by Gasteiger charge is 2.28. The lowest BCUT2D eigenvalue weighted by molar-refractivity contribution is 0.109. The lowest BCUT2D eigenvalue weighted by Gasteiger charge is -2.30. The summed E-state index contributed by atoms with van der Waals surface area (Å²) < 4.78 is 5.88. The van der Waals surface area contributed by atoms with Crippen molar-refractivity contribution < 1.29 is 4.74 Å². The molecular formula is C17H30BN5O. The first-order valence-electron chi connectivity index (χ1n) is 9.11. The number of hydrogen-bond donors (Lipinski definition) is 1. The molecule has 0 aromatic carbocycles. The number of aliphatic imine (C=N–C) groups is 1. The molecule has 0 aromatic heterocycles. The minimum Gasteiger partial charge on any atom is -0.460 e. The molecule has 7 heteroatoms. The fourth-order valence-electron chi connectivity index (χ4n) is 3.60. The second-order valence-corrected chi connectivity index (χ2v) is 6.82. The van der Waals surface area contributed by atoms with Crippen LogP contribution in [0.15, 0.2) is 16.9 Å². The first-order valence-corrected chi connectivity index (χ1v) is 9.11. The Labute approximate surface area is 146 Å². The first kappa shape index (κ1) is 18.7. The maximum absolute atomic E-state index is 9.03. The zero-order valence-electron chi connectivity index (χ0n) is 15.2. The number of amidine groups is 1. The van der Waals surface area contributed by atoms with Crippen molar-refractivity contribution in [2.45, 2.75) is 57.9 Å². The van der Waals surface area contributed by atoms with Gasteiger partial charge in [-0.1, -0.05) is 6.92 Å². The Kier molecular flexibility index (Phi) is 6.98. The van der Waals surface area contributed by atoms with E-state index in [-0.39, 0.29) is 18.8 Å². The van der Waals surface area contributed by atoms with Crippen molar-refractivity contribution in [3.8, 4) is 5.97 Å². The van der Waals surface area contributed by atoms with E-state index in [9.17, 15) is 0 Å². The molecule has 0 aliphatic carbocycles. The number of nitrogens with two attached hydrogens (primary N) is 1. The Morgan fingerprint density at radius 3 is 2.71 bits per heavy atom. The zero-order chi connectivity index (χ0) is 17.5. The van der Waals surface area contributed by atoms with Crippen LogP contribution in [0, 0.1) is 11.2 Å². The molecule has 0 spiro atoms. The SMILES string of the molecule is CC/C=C(\N=C(/N)O[C@@H](C)C1CCCN1C)N1CCB(C#N)CC1. The maximum atomic E-state index is 9.03. The third kappa shape index (κ3) is 4.91. The van der Waals surface area contributed by atoms with Gasteiger partial charge in [-0.25, -0.2) is 5.26 Å². The van der Waals surface area contributed by atoms with Gasteiger partial charge in [-0.3, -0.25) is 4.90 Å². The van der Waals surface area contributed by atoms with Crippen LogP contribution < -0.4 is 5.73 Å². The average Bonchev–Trinajstić information content (AvgIpc) is 3.00. The fraction of sp³-hybridized carbons (Fsp3) is 0.765. The van der Waals surface area contributed by atoms with Gasteiger partial charge in [-0.2, -0.15) is 4.99 Å². The van der Waals surface area contributed by atoms with E-state index < -0.39 is 0 Å². The van der Waals surface area contributed by atoms with Gasteiger partial charge in [0.1, 0.15) is 11.9 Å². The van der Waals surface area contributed by atoms with Crippen molar-refractivity contribution in [1.82, 2.24) is 9.80 Å². The van der Waals surface area contributed by atoms with Crippen molar-refractivity contribution in [2.24, 2.45) is 10.7 Å². The standard InChI is InChI=1S/C17H30BN5O/c1-4-6-16(23-11-8-18(13-19)9-12-23)21-17(20)24-14(2)15-7-5-10-22(15)3/h6,14-15H,4-5,7-12H2,1-3H3,(H2,20,21)/b16-6+/t14-,15?/m0/s1. The van der Waals surface area contributed by atoms with Crippen LogP contribution in [0.3, 0.4) is 0 Å². The monoisotopic (exact) mass is 331 g/mol. The van der Waals surface area contributed by atoms with Gasteiger partial charge in [0.2, 0.25) is 0 Å². The Balaban J connectivity index is 1.96. The van der Waals surface area contributed by atoms with E-state index in [2.05, 4.69) is 47.7 Å². The lowest BCUT2D eigenvalue weighted by atomic mass is 9.45. The molecule has 2 fully saturated rings. The molecule has 24 heavy (non-hydrogen) atoms. The molecule has 2 aliphatic rings. The largest absolute Gasteiger partial charge is 0.460 e. The highest BCUT2D eigenvalue weighted by molar-refractivity contribution is 6.67. The average molecular weight is 331 g/mol.